The van der Waals surface area contributed by atoms with Crippen LogP contribution in [0.15, 0.2) is 12.1 Å². The molecular weight excluding hydrogens is 212 g/mol. The first-order chi connectivity index (χ1) is 7.51. The van der Waals surface area contributed by atoms with Gasteiger partial charge in [0.05, 0.1) is 9.85 Å². The summed E-state index contributed by atoms with van der Waals surface area (Å²) in [7, 11) is 0. The summed E-state index contributed by atoms with van der Waals surface area (Å²) in [6.45, 7) is 3.47. The molecule has 0 saturated heterocycles. The fraction of sp³-hybridized carbons (Fsp3) is 0.400. The standard InChI is InChI=1S/C10H12N2O4/c1-3-7-5-10(12(15)16)8(4-2)6-9(7)11(13)14/h5-6H,3-4H2,1-2H3. The molecule has 0 atom stereocenters. The fourth-order valence-corrected chi connectivity index (χ4v) is 1.57. The second-order valence-corrected chi connectivity index (χ2v) is 3.33. The molecule has 0 aliphatic rings. The van der Waals surface area contributed by atoms with Gasteiger partial charge in [0.25, 0.3) is 11.4 Å². The maximum absolute atomic E-state index is 10.8. The average Bonchev–Trinajstić information content (AvgIpc) is 2.26. The van der Waals surface area contributed by atoms with E-state index in [0.29, 0.717) is 24.0 Å². The van der Waals surface area contributed by atoms with Crippen LogP contribution in [0.3, 0.4) is 0 Å². The Kier molecular flexibility index (Phi) is 3.55. The van der Waals surface area contributed by atoms with Gasteiger partial charge in [-0.05, 0) is 12.8 Å². The first kappa shape index (κ1) is 12.1. The van der Waals surface area contributed by atoms with E-state index in [0.717, 1.165) is 0 Å². The summed E-state index contributed by atoms with van der Waals surface area (Å²) in [6, 6.07) is 2.61. The van der Waals surface area contributed by atoms with E-state index < -0.39 is 9.85 Å². The molecular formula is C10H12N2O4. The summed E-state index contributed by atoms with van der Waals surface area (Å²) in [5, 5.41) is 21.5. The van der Waals surface area contributed by atoms with Crippen LogP contribution in [-0.2, 0) is 12.8 Å². The predicted octanol–water partition coefficient (Wildman–Crippen LogP) is 2.63. The maximum Gasteiger partial charge on any atom is 0.273 e. The van der Waals surface area contributed by atoms with Gasteiger partial charge in [-0.1, -0.05) is 13.8 Å². The van der Waals surface area contributed by atoms with E-state index in [1.807, 2.05) is 0 Å². The molecule has 0 heterocycles. The molecule has 0 N–H and O–H groups in total. The Bertz CT molecular complexity index is 401. The second-order valence-electron chi connectivity index (χ2n) is 3.33. The van der Waals surface area contributed by atoms with Gasteiger partial charge in [0.1, 0.15) is 0 Å². The lowest BCUT2D eigenvalue weighted by Crippen LogP contribution is -2.01. The number of aryl methyl sites for hydroxylation is 2. The summed E-state index contributed by atoms with van der Waals surface area (Å²) < 4.78 is 0. The zero-order chi connectivity index (χ0) is 12.3. The molecule has 16 heavy (non-hydrogen) atoms. The quantitative estimate of drug-likeness (QED) is 0.581. The Morgan fingerprint density at radius 2 is 1.25 bits per heavy atom. The third-order valence-electron chi connectivity index (χ3n) is 2.44. The predicted molar refractivity (Wildman–Crippen MR) is 58.5 cm³/mol. The molecule has 0 aliphatic heterocycles. The van der Waals surface area contributed by atoms with Crippen LogP contribution in [0.1, 0.15) is 25.0 Å². The van der Waals surface area contributed by atoms with Crippen molar-refractivity contribution < 1.29 is 9.85 Å². The molecule has 86 valence electrons. The number of nitro groups is 2. The van der Waals surface area contributed by atoms with Gasteiger partial charge in [-0.2, -0.15) is 0 Å². The highest BCUT2D eigenvalue weighted by Crippen LogP contribution is 2.29. The average molecular weight is 224 g/mol. The molecule has 0 saturated carbocycles. The molecule has 1 aromatic carbocycles. The van der Waals surface area contributed by atoms with Crippen molar-refractivity contribution in [2.24, 2.45) is 0 Å². The first-order valence-electron chi connectivity index (χ1n) is 4.95. The van der Waals surface area contributed by atoms with Crippen molar-refractivity contribution in [3.63, 3.8) is 0 Å². The van der Waals surface area contributed by atoms with E-state index >= 15 is 0 Å². The lowest BCUT2D eigenvalue weighted by molar-refractivity contribution is -0.390. The van der Waals surface area contributed by atoms with Crippen molar-refractivity contribution in [2.75, 3.05) is 0 Å². The van der Waals surface area contributed by atoms with E-state index in [9.17, 15) is 20.2 Å². The SMILES string of the molecule is CCc1cc([N+](=O)[O-])c(CC)cc1[N+](=O)[O-]. The van der Waals surface area contributed by atoms with Crippen molar-refractivity contribution in [3.8, 4) is 0 Å². The molecule has 0 aromatic heterocycles. The molecule has 0 aliphatic carbocycles. The van der Waals surface area contributed by atoms with Crippen molar-refractivity contribution in [1.82, 2.24) is 0 Å². The first-order valence-corrected chi connectivity index (χ1v) is 4.95. The Morgan fingerprint density at radius 3 is 1.44 bits per heavy atom. The molecule has 0 fully saturated rings. The van der Waals surface area contributed by atoms with Crippen molar-refractivity contribution >= 4 is 11.4 Å². The van der Waals surface area contributed by atoms with E-state index in [1.54, 1.807) is 13.8 Å². The highest BCUT2D eigenvalue weighted by atomic mass is 16.6. The molecule has 6 nitrogen and oxygen atoms in total. The molecule has 0 unspecified atom stereocenters. The third-order valence-corrected chi connectivity index (χ3v) is 2.44. The van der Waals surface area contributed by atoms with Gasteiger partial charge in [0.2, 0.25) is 0 Å². The Balaban J connectivity index is 3.46. The zero-order valence-corrected chi connectivity index (χ0v) is 9.10. The number of nitro benzene ring substituents is 2. The molecule has 0 radical (unpaired) electrons. The minimum Gasteiger partial charge on any atom is -0.258 e. The Morgan fingerprint density at radius 1 is 0.938 bits per heavy atom. The topological polar surface area (TPSA) is 86.3 Å². The smallest absolute Gasteiger partial charge is 0.258 e. The largest absolute Gasteiger partial charge is 0.273 e. The third kappa shape index (κ3) is 2.16. The van der Waals surface area contributed by atoms with E-state index in [2.05, 4.69) is 0 Å². The maximum atomic E-state index is 10.8. The number of rotatable bonds is 4. The molecule has 0 bridgehead atoms. The lowest BCUT2D eigenvalue weighted by atomic mass is 10.0. The van der Waals surface area contributed by atoms with Crippen LogP contribution in [0.25, 0.3) is 0 Å². The molecule has 6 heteroatoms. The lowest BCUT2D eigenvalue weighted by Gasteiger charge is -2.04. The molecule has 1 aromatic rings. The summed E-state index contributed by atoms with van der Waals surface area (Å²) in [4.78, 5) is 20.5. The van der Waals surface area contributed by atoms with Gasteiger partial charge >= 0.3 is 0 Å². The van der Waals surface area contributed by atoms with Gasteiger partial charge in [0.15, 0.2) is 0 Å². The van der Waals surface area contributed by atoms with Crippen LogP contribution in [0.4, 0.5) is 11.4 Å². The minimum atomic E-state index is -0.498. The Hall–Kier alpha value is -1.98. The number of hydrogen-bond acceptors (Lipinski definition) is 4. The van der Waals surface area contributed by atoms with Gasteiger partial charge in [-0.3, -0.25) is 20.2 Å². The summed E-state index contributed by atoms with van der Waals surface area (Å²) >= 11 is 0. The van der Waals surface area contributed by atoms with E-state index in [1.165, 1.54) is 12.1 Å². The zero-order valence-electron chi connectivity index (χ0n) is 9.10. The van der Waals surface area contributed by atoms with Gasteiger partial charge in [-0.15, -0.1) is 0 Å². The van der Waals surface area contributed by atoms with Crippen LogP contribution in [0.2, 0.25) is 0 Å². The van der Waals surface area contributed by atoms with Crippen LogP contribution >= 0.6 is 0 Å². The highest BCUT2D eigenvalue weighted by molar-refractivity contribution is 5.53. The van der Waals surface area contributed by atoms with Crippen molar-refractivity contribution in [2.45, 2.75) is 26.7 Å². The normalized spacial score (nSPS) is 10.1. The summed E-state index contributed by atoms with van der Waals surface area (Å²) in [5.41, 5.74) is 0.720. The van der Waals surface area contributed by atoms with Crippen LogP contribution < -0.4 is 0 Å². The van der Waals surface area contributed by atoms with Crippen LogP contribution in [-0.4, -0.2) is 9.85 Å². The molecule has 0 spiro atoms. The number of benzene rings is 1. The minimum absolute atomic E-state index is 0.0371. The van der Waals surface area contributed by atoms with Crippen molar-refractivity contribution in [1.29, 1.82) is 0 Å². The van der Waals surface area contributed by atoms with Gasteiger partial charge in [0, 0.05) is 23.3 Å². The molecule has 1 rings (SSSR count). The van der Waals surface area contributed by atoms with Gasteiger partial charge < -0.3 is 0 Å². The highest BCUT2D eigenvalue weighted by Gasteiger charge is 2.21. The van der Waals surface area contributed by atoms with Crippen LogP contribution in [0.5, 0.6) is 0 Å². The van der Waals surface area contributed by atoms with Gasteiger partial charge in [-0.25, -0.2) is 0 Å². The van der Waals surface area contributed by atoms with E-state index in [4.69, 9.17) is 0 Å². The van der Waals surface area contributed by atoms with E-state index in [-0.39, 0.29) is 11.4 Å². The summed E-state index contributed by atoms with van der Waals surface area (Å²) in [6.07, 6.45) is 0.808. The monoisotopic (exact) mass is 224 g/mol. The summed E-state index contributed by atoms with van der Waals surface area (Å²) in [5.74, 6) is 0. The second kappa shape index (κ2) is 4.69. The van der Waals surface area contributed by atoms with Crippen LogP contribution in [0, 0.1) is 20.2 Å². The number of nitrogens with zero attached hydrogens (tertiary/aromatic N) is 2. The number of hydrogen-bond donors (Lipinski definition) is 0. The Labute approximate surface area is 92.2 Å². The molecule has 0 amide bonds. The fourth-order valence-electron chi connectivity index (χ4n) is 1.57. The van der Waals surface area contributed by atoms with Crippen molar-refractivity contribution in [3.05, 3.63) is 43.5 Å².